The molecule has 8 heavy (non-hydrogen) atoms. The molecule has 0 heterocycles. The molecule has 0 spiro atoms. The number of amides is 2. The van der Waals surface area contributed by atoms with Crippen LogP contribution in [-0.2, 0) is 0 Å². The normalized spacial score (nSPS) is 9.38. The third-order valence-corrected chi connectivity index (χ3v) is 0.685. The number of hydrogen-bond donors (Lipinski definition) is 2. The summed E-state index contributed by atoms with van der Waals surface area (Å²) in [5.74, 6) is 0.475. The lowest BCUT2D eigenvalue weighted by atomic mass is 10.2. The fourth-order valence-corrected chi connectivity index (χ4v) is 0.305. The minimum Gasteiger partial charge on any atom is -0.352 e. The number of nitrogens with two attached hydrogens (primary N) is 1. The largest absolute Gasteiger partial charge is 0.352 e. The monoisotopic (exact) mass is 116 g/mol. The first-order chi connectivity index (χ1) is 3.63. The minimum absolute atomic E-state index is 0.446. The van der Waals surface area contributed by atoms with Crippen molar-refractivity contribution in [2.75, 3.05) is 6.54 Å². The molecule has 0 bridgehead atoms. The van der Waals surface area contributed by atoms with Gasteiger partial charge in [-0.2, -0.15) is 0 Å². The van der Waals surface area contributed by atoms with E-state index in [0.29, 0.717) is 12.5 Å². The van der Waals surface area contributed by atoms with Crippen LogP contribution in [0.15, 0.2) is 0 Å². The van der Waals surface area contributed by atoms with E-state index in [1.54, 1.807) is 0 Å². The van der Waals surface area contributed by atoms with Gasteiger partial charge in [0.05, 0.1) is 0 Å². The van der Waals surface area contributed by atoms with Crippen molar-refractivity contribution < 1.29 is 4.79 Å². The second-order valence-corrected chi connectivity index (χ2v) is 2.14. The number of carbonyl (C=O) groups excluding carboxylic acids is 1. The van der Waals surface area contributed by atoms with Crippen LogP contribution < -0.4 is 11.1 Å². The highest BCUT2D eigenvalue weighted by atomic mass is 16.2. The van der Waals surface area contributed by atoms with E-state index in [0.717, 1.165) is 0 Å². The zero-order valence-corrected chi connectivity index (χ0v) is 5.27. The highest BCUT2D eigenvalue weighted by Crippen LogP contribution is 1.85. The summed E-state index contributed by atoms with van der Waals surface area (Å²) in [6.07, 6.45) is 0. The molecular formula is C5H12N2O. The second-order valence-electron chi connectivity index (χ2n) is 2.14. The van der Waals surface area contributed by atoms with E-state index in [1.165, 1.54) is 0 Å². The Morgan fingerprint density at radius 1 is 1.75 bits per heavy atom. The van der Waals surface area contributed by atoms with Gasteiger partial charge in [0.25, 0.3) is 0 Å². The Bertz CT molecular complexity index is 80.5. The van der Waals surface area contributed by atoms with E-state index >= 15 is 0 Å². The van der Waals surface area contributed by atoms with Crippen LogP contribution in [0.3, 0.4) is 0 Å². The average Bonchev–Trinajstić information content (AvgIpc) is 1.61. The maximum Gasteiger partial charge on any atom is 0.312 e. The molecule has 0 unspecified atom stereocenters. The van der Waals surface area contributed by atoms with Crippen LogP contribution in [0.2, 0.25) is 0 Å². The number of nitrogens with one attached hydrogen (secondary N) is 1. The van der Waals surface area contributed by atoms with Gasteiger partial charge in [-0.25, -0.2) is 4.79 Å². The third kappa shape index (κ3) is 5.27. The summed E-state index contributed by atoms with van der Waals surface area (Å²) < 4.78 is 0. The van der Waals surface area contributed by atoms with Crippen molar-refractivity contribution in [2.45, 2.75) is 13.8 Å². The highest BCUT2D eigenvalue weighted by molar-refractivity contribution is 5.71. The Labute approximate surface area is 49.3 Å². The van der Waals surface area contributed by atoms with Crippen molar-refractivity contribution in [3.8, 4) is 0 Å². The molecular weight excluding hydrogens is 104 g/mol. The molecule has 0 aliphatic carbocycles. The van der Waals surface area contributed by atoms with Gasteiger partial charge in [-0.05, 0) is 5.92 Å². The maximum absolute atomic E-state index is 10.0. The summed E-state index contributed by atoms with van der Waals surface area (Å²) in [5.41, 5.74) is 4.79. The smallest absolute Gasteiger partial charge is 0.312 e. The van der Waals surface area contributed by atoms with Gasteiger partial charge < -0.3 is 11.1 Å². The zero-order chi connectivity index (χ0) is 6.57. The van der Waals surface area contributed by atoms with Crippen molar-refractivity contribution in [3.05, 3.63) is 0 Å². The van der Waals surface area contributed by atoms with Gasteiger partial charge in [0.2, 0.25) is 0 Å². The molecule has 0 aliphatic heterocycles. The van der Waals surface area contributed by atoms with Gasteiger partial charge in [0.1, 0.15) is 0 Å². The fourth-order valence-electron chi connectivity index (χ4n) is 0.305. The van der Waals surface area contributed by atoms with Gasteiger partial charge >= 0.3 is 6.03 Å². The average molecular weight is 116 g/mol. The van der Waals surface area contributed by atoms with Crippen LogP contribution in [0.4, 0.5) is 4.79 Å². The Morgan fingerprint density at radius 3 is 2.38 bits per heavy atom. The SMILES string of the molecule is CC(C)CNC(N)=O. The van der Waals surface area contributed by atoms with Crippen molar-refractivity contribution in [1.82, 2.24) is 5.32 Å². The van der Waals surface area contributed by atoms with E-state index in [1.807, 2.05) is 13.8 Å². The molecule has 0 aromatic heterocycles. The number of hydrogen-bond acceptors (Lipinski definition) is 1. The molecule has 3 heteroatoms. The molecule has 0 aromatic carbocycles. The molecule has 3 N–H and O–H groups in total. The van der Waals surface area contributed by atoms with Crippen LogP contribution in [0, 0.1) is 5.92 Å². The number of rotatable bonds is 2. The van der Waals surface area contributed by atoms with Crippen molar-refractivity contribution in [2.24, 2.45) is 11.7 Å². The molecule has 0 saturated heterocycles. The van der Waals surface area contributed by atoms with Crippen molar-refractivity contribution >= 4 is 6.03 Å². The standard InChI is InChI=1S/C5H12N2O/c1-4(2)3-7-5(6)8/h4H,3H2,1-2H3,(H3,6,7,8). The fraction of sp³-hybridized carbons (Fsp3) is 0.800. The van der Waals surface area contributed by atoms with Crippen LogP contribution in [0.25, 0.3) is 0 Å². The predicted molar refractivity (Wildman–Crippen MR) is 32.4 cm³/mol. The van der Waals surface area contributed by atoms with Gasteiger partial charge in [0, 0.05) is 6.54 Å². The third-order valence-electron chi connectivity index (χ3n) is 0.685. The molecule has 0 fully saturated rings. The summed E-state index contributed by atoms with van der Waals surface area (Å²) >= 11 is 0. The molecule has 3 nitrogen and oxygen atoms in total. The van der Waals surface area contributed by atoms with Crippen molar-refractivity contribution in [1.29, 1.82) is 0 Å². The topological polar surface area (TPSA) is 55.1 Å². The molecule has 0 radical (unpaired) electrons. The van der Waals surface area contributed by atoms with Gasteiger partial charge in [0.15, 0.2) is 0 Å². The first-order valence-electron chi connectivity index (χ1n) is 2.66. The van der Waals surface area contributed by atoms with Crippen LogP contribution >= 0.6 is 0 Å². The molecule has 48 valence electrons. The molecule has 0 atom stereocenters. The van der Waals surface area contributed by atoms with Crippen LogP contribution in [-0.4, -0.2) is 12.6 Å². The lowest BCUT2D eigenvalue weighted by Gasteiger charge is -2.02. The van der Waals surface area contributed by atoms with Gasteiger partial charge in [-0.15, -0.1) is 0 Å². The summed E-state index contributed by atoms with van der Waals surface area (Å²) in [4.78, 5) is 10.0. The second kappa shape index (κ2) is 3.29. The molecule has 0 rings (SSSR count). The van der Waals surface area contributed by atoms with E-state index in [9.17, 15) is 4.79 Å². The zero-order valence-electron chi connectivity index (χ0n) is 5.27. The number of urea groups is 1. The summed E-state index contributed by atoms with van der Waals surface area (Å²) in [6.45, 7) is 4.68. The summed E-state index contributed by atoms with van der Waals surface area (Å²) in [5, 5.41) is 2.48. The molecule has 0 saturated carbocycles. The Morgan fingerprint density at radius 2 is 2.25 bits per heavy atom. The Hall–Kier alpha value is -0.730. The van der Waals surface area contributed by atoms with Crippen LogP contribution in [0.5, 0.6) is 0 Å². The summed E-state index contributed by atoms with van der Waals surface area (Å²) in [6, 6.07) is -0.446. The Balaban J connectivity index is 3.05. The van der Waals surface area contributed by atoms with E-state index < -0.39 is 6.03 Å². The Kier molecular flexibility index (Phi) is 2.99. The van der Waals surface area contributed by atoms with Gasteiger partial charge in [-0.1, -0.05) is 13.8 Å². The van der Waals surface area contributed by atoms with Gasteiger partial charge in [-0.3, -0.25) is 0 Å². The molecule has 0 aromatic rings. The number of carbonyl (C=O) groups is 1. The molecule has 2 amide bonds. The number of primary amides is 1. The maximum atomic E-state index is 10.0. The summed E-state index contributed by atoms with van der Waals surface area (Å²) in [7, 11) is 0. The predicted octanol–water partition coefficient (Wildman–Crippen LogP) is 0.311. The van der Waals surface area contributed by atoms with E-state index in [4.69, 9.17) is 5.73 Å². The first-order valence-corrected chi connectivity index (χ1v) is 2.66. The lowest BCUT2D eigenvalue weighted by Crippen LogP contribution is -2.32. The quantitative estimate of drug-likeness (QED) is 0.536. The van der Waals surface area contributed by atoms with Crippen LogP contribution in [0.1, 0.15) is 13.8 Å². The molecule has 0 aliphatic rings. The first kappa shape index (κ1) is 7.27. The lowest BCUT2D eigenvalue weighted by molar-refractivity contribution is 0.247. The van der Waals surface area contributed by atoms with E-state index in [-0.39, 0.29) is 0 Å². The minimum atomic E-state index is -0.446. The highest BCUT2D eigenvalue weighted by Gasteiger charge is 1.92. The van der Waals surface area contributed by atoms with Crippen molar-refractivity contribution in [3.63, 3.8) is 0 Å². The van der Waals surface area contributed by atoms with E-state index in [2.05, 4.69) is 5.32 Å².